The van der Waals surface area contributed by atoms with E-state index in [1.54, 1.807) is 0 Å². The monoisotopic (exact) mass is 277 g/mol. The summed E-state index contributed by atoms with van der Waals surface area (Å²) in [6.07, 6.45) is 1.35. The fourth-order valence-corrected chi connectivity index (χ4v) is 2.80. The number of aliphatic hydroxyl groups excluding tert-OH is 1. The highest BCUT2D eigenvalue weighted by Crippen LogP contribution is 2.40. The second-order valence-electron chi connectivity index (χ2n) is 4.98. The Hall–Kier alpha value is -0.690. The van der Waals surface area contributed by atoms with E-state index in [1.165, 1.54) is 0 Å². The molecule has 1 aliphatic rings. The molecule has 0 fully saturated rings. The predicted octanol–water partition coefficient (Wildman–Crippen LogP) is 2.03. The summed E-state index contributed by atoms with van der Waals surface area (Å²) < 4.78 is 29.0. The van der Waals surface area contributed by atoms with E-state index in [0.29, 0.717) is 18.5 Å². The molecule has 0 saturated carbocycles. The number of aryl methyl sites for hydroxylation is 1. The molecule has 2 atom stereocenters. The minimum atomic E-state index is -2.95. The average molecular weight is 277 g/mol. The molecule has 1 heterocycles. The number of hydrogen-bond donors (Lipinski definition) is 2. The van der Waals surface area contributed by atoms with Gasteiger partial charge in [-0.15, -0.1) is 5.10 Å². The number of nitrogens with zero attached hydrogens (tertiary/aromatic N) is 3. The Morgan fingerprint density at radius 1 is 1.56 bits per heavy atom. The molecule has 0 saturated heterocycles. The van der Waals surface area contributed by atoms with Crippen LogP contribution in [0.4, 0.5) is 8.78 Å². The van der Waals surface area contributed by atoms with E-state index in [-0.39, 0.29) is 30.6 Å². The van der Waals surface area contributed by atoms with Crippen LogP contribution >= 0.6 is 12.8 Å². The van der Waals surface area contributed by atoms with Crippen LogP contribution in [0.3, 0.4) is 0 Å². The van der Waals surface area contributed by atoms with Gasteiger partial charge in [-0.3, -0.25) is 0 Å². The molecule has 0 bridgehead atoms. The van der Waals surface area contributed by atoms with E-state index in [9.17, 15) is 8.78 Å². The first-order chi connectivity index (χ1) is 8.45. The first-order valence-corrected chi connectivity index (χ1v) is 6.48. The molecule has 0 aliphatic heterocycles. The van der Waals surface area contributed by atoms with Crippen molar-refractivity contribution in [3.63, 3.8) is 0 Å². The summed E-state index contributed by atoms with van der Waals surface area (Å²) in [6, 6.07) is 0. The minimum Gasteiger partial charge on any atom is -0.396 e. The second kappa shape index (κ2) is 5.13. The number of thiol groups is 1. The number of aliphatic hydroxyl groups is 1. The SMILES string of the molecule is CC(CO)C1CCc2nnn(S)c2C(F)(F)CC1. The van der Waals surface area contributed by atoms with E-state index < -0.39 is 5.92 Å². The summed E-state index contributed by atoms with van der Waals surface area (Å²) in [5, 5.41) is 16.5. The number of aromatic nitrogens is 3. The van der Waals surface area contributed by atoms with E-state index in [0.717, 1.165) is 10.5 Å². The highest BCUT2D eigenvalue weighted by Gasteiger charge is 2.41. The third-order valence-corrected chi connectivity index (χ3v) is 4.02. The van der Waals surface area contributed by atoms with Crippen LogP contribution in [0.1, 0.15) is 37.6 Å². The van der Waals surface area contributed by atoms with Gasteiger partial charge in [0, 0.05) is 13.0 Å². The third kappa shape index (κ3) is 2.51. The summed E-state index contributed by atoms with van der Waals surface area (Å²) in [5.74, 6) is -2.82. The van der Waals surface area contributed by atoms with Gasteiger partial charge in [0.25, 0.3) is 5.92 Å². The van der Waals surface area contributed by atoms with Gasteiger partial charge in [-0.05, 0) is 43.9 Å². The maximum atomic E-state index is 14.1. The van der Waals surface area contributed by atoms with Crippen LogP contribution in [0, 0.1) is 11.8 Å². The molecule has 0 aromatic carbocycles. The lowest BCUT2D eigenvalue weighted by molar-refractivity contribution is -0.0311. The van der Waals surface area contributed by atoms with Crippen LogP contribution in [0.2, 0.25) is 0 Å². The second-order valence-corrected chi connectivity index (χ2v) is 5.35. The smallest absolute Gasteiger partial charge is 0.292 e. The third-order valence-electron chi connectivity index (χ3n) is 3.74. The lowest BCUT2D eigenvalue weighted by Crippen LogP contribution is -2.26. The van der Waals surface area contributed by atoms with Crippen LogP contribution in [0.15, 0.2) is 0 Å². The van der Waals surface area contributed by atoms with Gasteiger partial charge in [0.05, 0.1) is 5.69 Å². The van der Waals surface area contributed by atoms with Crippen LogP contribution in [-0.2, 0) is 12.3 Å². The van der Waals surface area contributed by atoms with Crippen molar-refractivity contribution in [2.45, 2.75) is 38.5 Å². The Labute approximate surface area is 110 Å². The minimum absolute atomic E-state index is 0.0301. The van der Waals surface area contributed by atoms with Crippen molar-refractivity contribution in [1.82, 2.24) is 14.4 Å². The lowest BCUT2D eigenvalue weighted by atomic mass is 9.82. The molecule has 0 amide bonds. The van der Waals surface area contributed by atoms with Crippen molar-refractivity contribution >= 4 is 12.8 Å². The molecule has 4 nitrogen and oxygen atoms in total. The predicted molar refractivity (Wildman–Crippen MR) is 65.6 cm³/mol. The Balaban J connectivity index is 2.26. The van der Waals surface area contributed by atoms with Gasteiger partial charge >= 0.3 is 0 Å². The molecule has 0 spiro atoms. The maximum Gasteiger partial charge on any atom is 0.292 e. The molecular formula is C11H17F2N3OS. The standard InChI is InChI=1S/C11H17F2N3OS/c1-7(6-17)8-2-3-9-10(16(18)15-14-9)11(12,13)5-4-8/h7-8,17-18H,2-6H2,1H3. The van der Waals surface area contributed by atoms with Gasteiger partial charge in [0.2, 0.25) is 0 Å². The Kier molecular flexibility index (Phi) is 3.91. The average Bonchev–Trinajstić information content (AvgIpc) is 2.68. The lowest BCUT2D eigenvalue weighted by Gasteiger charge is -2.27. The molecule has 2 rings (SSSR count). The number of alkyl halides is 2. The quantitative estimate of drug-likeness (QED) is 0.813. The zero-order valence-corrected chi connectivity index (χ0v) is 11.1. The Bertz CT molecular complexity index is 424. The number of halogens is 2. The van der Waals surface area contributed by atoms with E-state index in [2.05, 4.69) is 23.1 Å². The maximum absolute atomic E-state index is 14.1. The summed E-state index contributed by atoms with van der Waals surface area (Å²) >= 11 is 3.89. The molecule has 2 unspecified atom stereocenters. The summed E-state index contributed by atoms with van der Waals surface area (Å²) in [4.78, 5) is 0. The number of rotatable bonds is 2. The highest BCUT2D eigenvalue weighted by molar-refractivity contribution is 7.78. The van der Waals surface area contributed by atoms with Crippen molar-refractivity contribution in [2.24, 2.45) is 11.8 Å². The van der Waals surface area contributed by atoms with Crippen molar-refractivity contribution in [1.29, 1.82) is 0 Å². The fraction of sp³-hybridized carbons (Fsp3) is 0.818. The number of fused-ring (bicyclic) bond motifs is 1. The summed E-state index contributed by atoms with van der Waals surface area (Å²) in [5.41, 5.74) is 0.144. The molecule has 0 radical (unpaired) electrons. The largest absolute Gasteiger partial charge is 0.396 e. The summed E-state index contributed by atoms with van der Waals surface area (Å²) in [6.45, 7) is 1.92. The van der Waals surface area contributed by atoms with Crippen molar-refractivity contribution in [2.75, 3.05) is 6.61 Å². The molecular weight excluding hydrogens is 260 g/mol. The molecule has 1 N–H and O–H groups in total. The van der Waals surface area contributed by atoms with Crippen molar-refractivity contribution in [3.05, 3.63) is 11.4 Å². The molecule has 7 heteroatoms. The molecule has 18 heavy (non-hydrogen) atoms. The van der Waals surface area contributed by atoms with Gasteiger partial charge in [0.15, 0.2) is 0 Å². The van der Waals surface area contributed by atoms with Gasteiger partial charge in [-0.25, -0.2) is 0 Å². The van der Waals surface area contributed by atoms with Crippen LogP contribution in [-0.4, -0.2) is 26.1 Å². The summed E-state index contributed by atoms with van der Waals surface area (Å²) in [7, 11) is 0. The van der Waals surface area contributed by atoms with E-state index in [4.69, 9.17) is 5.11 Å². The topological polar surface area (TPSA) is 50.9 Å². The highest BCUT2D eigenvalue weighted by atomic mass is 32.1. The normalized spacial score (nSPS) is 25.1. The van der Waals surface area contributed by atoms with Gasteiger partial charge in [0.1, 0.15) is 5.69 Å². The zero-order valence-electron chi connectivity index (χ0n) is 10.2. The first kappa shape index (κ1) is 13.7. The van der Waals surface area contributed by atoms with Crippen LogP contribution in [0.25, 0.3) is 0 Å². The van der Waals surface area contributed by atoms with Crippen LogP contribution < -0.4 is 0 Å². The fourth-order valence-electron chi connectivity index (χ4n) is 2.50. The van der Waals surface area contributed by atoms with Crippen LogP contribution in [0.5, 0.6) is 0 Å². The Morgan fingerprint density at radius 2 is 2.28 bits per heavy atom. The molecule has 102 valence electrons. The van der Waals surface area contributed by atoms with E-state index >= 15 is 0 Å². The van der Waals surface area contributed by atoms with Gasteiger partial charge in [-0.2, -0.15) is 12.9 Å². The first-order valence-electron chi connectivity index (χ1n) is 6.08. The van der Waals surface area contributed by atoms with Gasteiger partial charge < -0.3 is 5.11 Å². The molecule has 1 aromatic heterocycles. The van der Waals surface area contributed by atoms with Gasteiger partial charge in [-0.1, -0.05) is 12.1 Å². The van der Waals surface area contributed by atoms with E-state index in [1.807, 2.05) is 6.92 Å². The Morgan fingerprint density at radius 3 is 2.94 bits per heavy atom. The van der Waals surface area contributed by atoms with Crippen molar-refractivity contribution < 1.29 is 13.9 Å². The molecule has 1 aliphatic carbocycles. The number of hydrogen-bond acceptors (Lipinski definition) is 4. The zero-order chi connectivity index (χ0) is 13.3. The van der Waals surface area contributed by atoms with Crippen molar-refractivity contribution in [3.8, 4) is 0 Å². The molecule has 1 aromatic rings.